The number of thiazole rings is 1. The van der Waals surface area contributed by atoms with Gasteiger partial charge in [0.1, 0.15) is 27.1 Å². The van der Waals surface area contributed by atoms with Gasteiger partial charge in [0.2, 0.25) is 6.10 Å². The van der Waals surface area contributed by atoms with Gasteiger partial charge < -0.3 is 26.1 Å². The first-order chi connectivity index (χ1) is 19.0. The van der Waals surface area contributed by atoms with Crippen LogP contribution in [0.15, 0.2) is 41.0 Å². The third-order valence-corrected chi connectivity index (χ3v) is 8.99. The molecule has 16 heteroatoms. The van der Waals surface area contributed by atoms with Gasteiger partial charge in [0, 0.05) is 23.5 Å². The fraction of sp³-hybridized carbons (Fsp3) is 0.375. The van der Waals surface area contributed by atoms with Gasteiger partial charge >= 0.3 is 11.9 Å². The number of hydrogen-bond acceptors (Lipinski definition) is 10. The maximum absolute atomic E-state index is 13.2. The van der Waals surface area contributed by atoms with Crippen molar-refractivity contribution in [3.63, 3.8) is 0 Å². The molecule has 2 aliphatic heterocycles. The third-order valence-electron chi connectivity index (χ3n) is 6.57. The number of aliphatic carboxylic acids is 2. The van der Waals surface area contributed by atoms with E-state index in [1.54, 1.807) is 0 Å². The van der Waals surface area contributed by atoms with Gasteiger partial charge in [-0.15, -0.1) is 11.8 Å². The number of nitrogen functional groups attached to an aromatic ring is 1. The number of nitrogens with one attached hydrogen (secondary N) is 1. The second kappa shape index (κ2) is 11.1. The Hall–Kier alpha value is -3.69. The predicted molar refractivity (Wildman–Crippen MR) is 145 cm³/mol. The first kappa shape index (κ1) is 27.9. The topological polar surface area (TPSA) is 188 Å². The second-order valence-corrected chi connectivity index (χ2v) is 12.1. The molecule has 0 spiro atoms. The van der Waals surface area contributed by atoms with Crippen LogP contribution in [0.1, 0.15) is 36.9 Å². The summed E-state index contributed by atoms with van der Waals surface area (Å²) in [4.78, 5) is 59.8. The highest BCUT2D eigenvalue weighted by Crippen LogP contribution is 2.41. The highest BCUT2D eigenvalue weighted by Gasteiger charge is 2.55. The van der Waals surface area contributed by atoms with Crippen molar-refractivity contribution in [1.82, 2.24) is 15.2 Å². The van der Waals surface area contributed by atoms with E-state index in [1.165, 1.54) is 42.0 Å². The number of rotatable bonds is 10. The Morgan fingerprint density at radius 3 is 2.60 bits per heavy atom. The van der Waals surface area contributed by atoms with Crippen molar-refractivity contribution in [3.8, 4) is 0 Å². The lowest BCUT2D eigenvalue weighted by Gasteiger charge is -2.49. The number of carbonyl (C=O) groups excluding carboxylic acids is 2. The summed E-state index contributed by atoms with van der Waals surface area (Å²) in [5.41, 5.74) is 6.78. The second-order valence-electron chi connectivity index (χ2n) is 9.40. The van der Waals surface area contributed by atoms with Gasteiger partial charge in [-0.05, 0) is 31.2 Å². The number of halogens is 1. The molecule has 5 rings (SSSR count). The predicted octanol–water partition coefficient (Wildman–Crippen LogP) is 1.18. The number of carboxylic acid groups (broad SMARTS) is 2. The van der Waals surface area contributed by atoms with Crippen LogP contribution >= 0.6 is 34.7 Å². The molecule has 5 N–H and O–H groups in total. The number of nitrogens with zero attached hydrogens (tertiary/aromatic N) is 4. The number of hydrogen-bond donors (Lipinski definition) is 4. The summed E-state index contributed by atoms with van der Waals surface area (Å²) in [5, 5.41) is 24.6. The molecule has 2 amide bonds. The lowest BCUT2D eigenvalue weighted by molar-refractivity contribution is -0.689. The summed E-state index contributed by atoms with van der Waals surface area (Å²) in [6.07, 6.45) is 4.78. The molecule has 40 heavy (non-hydrogen) atoms. The Bertz CT molecular complexity index is 1460. The van der Waals surface area contributed by atoms with Crippen LogP contribution in [0.25, 0.3) is 0 Å². The first-order valence-electron chi connectivity index (χ1n) is 12.1. The Labute approximate surface area is 240 Å². The summed E-state index contributed by atoms with van der Waals surface area (Å²) in [7, 11) is 0. The Morgan fingerprint density at radius 1 is 1.32 bits per heavy atom. The van der Waals surface area contributed by atoms with Gasteiger partial charge in [-0.1, -0.05) is 28.1 Å². The molecule has 1 aliphatic carbocycles. The van der Waals surface area contributed by atoms with Gasteiger partial charge in [-0.25, -0.2) is 19.1 Å². The van der Waals surface area contributed by atoms with Crippen molar-refractivity contribution in [2.24, 2.45) is 5.16 Å². The standard InChI is InChI=1S/C24H23ClN6O7S2/c1-10(22(34)35)38-29-15(14-18(25)40-24(26)28-14)19(32)27-16-20(33)31-17(23(36)37)13(9-39-21(16)31)8-30-6-4-12(5-7-30)11-2-3-11/h4-7,10-11,16,21H,2-3,8-9H2,1H3,(H4-,26,27,28,32,34,35,36,37)/p+1/t10-,16+,21+/m0/s1. The van der Waals surface area contributed by atoms with E-state index in [0.29, 0.717) is 23.8 Å². The zero-order valence-corrected chi connectivity index (χ0v) is 23.3. The number of nitrogens with two attached hydrogens (primary N) is 1. The highest BCUT2D eigenvalue weighted by molar-refractivity contribution is 8.00. The number of pyridine rings is 1. The maximum Gasteiger partial charge on any atom is 0.352 e. The van der Waals surface area contributed by atoms with Crippen LogP contribution in [0.5, 0.6) is 0 Å². The molecule has 0 aromatic carbocycles. The van der Waals surface area contributed by atoms with E-state index in [0.717, 1.165) is 11.3 Å². The largest absolute Gasteiger partial charge is 0.478 e. The number of oxime groups is 1. The molecule has 210 valence electrons. The van der Waals surface area contributed by atoms with Gasteiger partial charge in [0.15, 0.2) is 29.8 Å². The van der Waals surface area contributed by atoms with Crippen LogP contribution in [0.4, 0.5) is 5.13 Å². The van der Waals surface area contributed by atoms with E-state index in [2.05, 4.69) is 15.5 Å². The maximum atomic E-state index is 13.2. The fourth-order valence-electron chi connectivity index (χ4n) is 4.33. The minimum Gasteiger partial charge on any atom is -0.478 e. The molecule has 13 nitrogen and oxygen atoms in total. The minimum absolute atomic E-state index is 0.00924. The number of β-lactam (4-membered cyclic amide) rings is 1. The summed E-state index contributed by atoms with van der Waals surface area (Å²) in [5.74, 6) is -3.16. The van der Waals surface area contributed by atoms with E-state index < -0.39 is 47.0 Å². The SMILES string of the molecule is C[C@H](ON=C(C(=O)N[C@@H]1C(=O)N2C(C(=O)O)=C(C[n+]3ccc(C4CC4)cc3)CS[C@H]12)c1nc(N)sc1Cl)C(=O)O. The lowest BCUT2D eigenvalue weighted by atomic mass is 10.0. The molecule has 3 aliphatic rings. The molecule has 1 saturated carbocycles. The number of anilines is 1. The van der Waals surface area contributed by atoms with E-state index in [-0.39, 0.29) is 20.9 Å². The van der Waals surface area contributed by atoms with E-state index in [4.69, 9.17) is 27.3 Å². The molecule has 2 aromatic rings. The van der Waals surface area contributed by atoms with E-state index >= 15 is 0 Å². The van der Waals surface area contributed by atoms with Crippen molar-refractivity contribution in [2.75, 3.05) is 11.5 Å². The molecule has 3 atom stereocenters. The zero-order chi connectivity index (χ0) is 28.7. The molecular weight excluding hydrogens is 584 g/mol. The number of aromatic nitrogens is 2. The zero-order valence-electron chi connectivity index (χ0n) is 20.9. The minimum atomic E-state index is -1.39. The molecular formula is C24H24ClN6O7S2+. The number of fused-ring (bicyclic) bond motifs is 1. The fourth-order valence-corrected chi connectivity index (χ4v) is 6.59. The summed E-state index contributed by atoms with van der Waals surface area (Å²) in [6, 6.07) is 2.98. The molecule has 4 heterocycles. The van der Waals surface area contributed by atoms with Crippen molar-refractivity contribution in [3.05, 3.63) is 51.4 Å². The lowest BCUT2D eigenvalue weighted by Crippen LogP contribution is -2.71. The molecule has 1 saturated heterocycles. The third kappa shape index (κ3) is 5.48. The molecule has 0 unspecified atom stereocenters. The van der Waals surface area contributed by atoms with Crippen molar-refractivity contribution in [1.29, 1.82) is 0 Å². The highest BCUT2D eigenvalue weighted by atomic mass is 35.5. The number of carbonyl (C=O) groups is 4. The summed E-state index contributed by atoms with van der Waals surface area (Å²) in [6.45, 7) is 1.51. The van der Waals surface area contributed by atoms with Crippen LogP contribution in [-0.4, -0.2) is 72.8 Å². The Morgan fingerprint density at radius 2 is 2.02 bits per heavy atom. The van der Waals surface area contributed by atoms with Crippen molar-refractivity contribution in [2.45, 2.75) is 49.7 Å². The Balaban J connectivity index is 1.34. The molecule has 2 fully saturated rings. The summed E-state index contributed by atoms with van der Waals surface area (Å²) < 4.78 is 1.88. The number of carboxylic acids is 2. The smallest absolute Gasteiger partial charge is 0.352 e. The van der Waals surface area contributed by atoms with Crippen LogP contribution in [-0.2, 0) is 30.6 Å². The quantitative estimate of drug-likeness (QED) is 0.132. The van der Waals surface area contributed by atoms with Crippen LogP contribution in [0, 0.1) is 0 Å². The molecule has 0 radical (unpaired) electrons. The summed E-state index contributed by atoms with van der Waals surface area (Å²) >= 11 is 8.33. The van der Waals surface area contributed by atoms with Crippen LogP contribution in [0.2, 0.25) is 4.34 Å². The van der Waals surface area contributed by atoms with Crippen molar-refractivity contribution >= 4 is 69.3 Å². The number of thioether (sulfide) groups is 1. The average Bonchev–Trinajstić information content (AvgIpc) is 3.71. The average molecular weight is 608 g/mol. The first-order valence-corrected chi connectivity index (χ1v) is 14.4. The van der Waals surface area contributed by atoms with Gasteiger partial charge in [0.05, 0.1) is 0 Å². The monoisotopic (exact) mass is 607 g/mol. The van der Waals surface area contributed by atoms with Crippen LogP contribution in [0.3, 0.4) is 0 Å². The van der Waals surface area contributed by atoms with E-state index in [1.807, 2.05) is 29.1 Å². The van der Waals surface area contributed by atoms with Gasteiger partial charge in [-0.3, -0.25) is 14.5 Å². The van der Waals surface area contributed by atoms with Crippen LogP contribution < -0.4 is 15.6 Å². The molecule has 2 aromatic heterocycles. The van der Waals surface area contributed by atoms with Gasteiger partial charge in [0.25, 0.3) is 11.8 Å². The number of amides is 2. The normalized spacial score (nSPS) is 21.4. The Kier molecular flexibility index (Phi) is 7.70. The van der Waals surface area contributed by atoms with Gasteiger partial charge in [-0.2, -0.15) is 0 Å². The van der Waals surface area contributed by atoms with Crippen molar-refractivity contribution < 1.29 is 38.8 Å². The molecule has 0 bridgehead atoms. The van der Waals surface area contributed by atoms with E-state index in [9.17, 15) is 24.3 Å².